The summed E-state index contributed by atoms with van der Waals surface area (Å²) in [4.78, 5) is 1.25. The molecule has 92 valence electrons. The Bertz CT molecular complexity index is 795. The molecule has 19 heavy (non-hydrogen) atoms. The van der Waals surface area contributed by atoms with Crippen molar-refractivity contribution >= 4 is 39.7 Å². The second kappa shape index (κ2) is 4.40. The zero-order valence-corrected chi connectivity index (χ0v) is 11.7. The van der Waals surface area contributed by atoms with Gasteiger partial charge in [-0.25, -0.2) is 0 Å². The van der Waals surface area contributed by atoms with Crippen LogP contribution in [0.4, 0.5) is 0 Å². The van der Waals surface area contributed by atoms with Gasteiger partial charge in [0.2, 0.25) is 0 Å². The van der Waals surface area contributed by atoms with Crippen molar-refractivity contribution in [2.45, 2.75) is 6.42 Å². The molecule has 0 unspecified atom stereocenters. The average molecular weight is 282 g/mol. The second-order valence-electron chi connectivity index (χ2n) is 4.42. The van der Waals surface area contributed by atoms with Gasteiger partial charge in [0.1, 0.15) is 11.0 Å². The minimum absolute atomic E-state index is 0.991. The molecule has 0 saturated heterocycles. The Morgan fingerprint density at radius 2 is 1.84 bits per heavy atom. The number of allylic oxidation sites excluding steroid dienone is 4. The Morgan fingerprint density at radius 3 is 2.58 bits per heavy atom. The number of rotatable bonds is 2. The van der Waals surface area contributed by atoms with Crippen molar-refractivity contribution < 1.29 is 0 Å². The summed E-state index contributed by atoms with van der Waals surface area (Å²) in [6.07, 6.45) is 7.44. The average Bonchev–Trinajstić information content (AvgIpc) is 3.19. The van der Waals surface area contributed by atoms with Gasteiger partial charge in [-0.15, -0.1) is 11.3 Å². The highest BCUT2D eigenvalue weighted by molar-refractivity contribution is 7.13. The molecular weight excluding hydrogens is 272 g/mol. The van der Waals surface area contributed by atoms with Gasteiger partial charge in [0, 0.05) is 16.0 Å². The zero-order chi connectivity index (χ0) is 12.7. The molecule has 1 aliphatic rings. The van der Waals surface area contributed by atoms with Gasteiger partial charge in [-0.3, -0.25) is 0 Å². The van der Waals surface area contributed by atoms with E-state index < -0.39 is 0 Å². The lowest BCUT2D eigenvalue weighted by Crippen LogP contribution is -1.86. The maximum atomic E-state index is 4.50. The maximum absolute atomic E-state index is 4.50. The molecule has 1 aromatic carbocycles. The molecule has 0 N–H and O–H groups in total. The first-order chi connectivity index (χ1) is 9.43. The quantitative estimate of drug-likeness (QED) is 0.677. The number of aromatic nitrogens is 2. The normalized spacial score (nSPS) is 14.2. The first-order valence-corrected chi connectivity index (χ1v) is 7.70. The van der Waals surface area contributed by atoms with Gasteiger partial charge in [-0.1, -0.05) is 36.4 Å². The van der Waals surface area contributed by atoms with Crippen LogP contribution < -0.4 is 0 Å². The molecule has 0 radical (unpaired) electrons. The predicted molar refractivity (Wildman–Crippen MR) is 82.5 cm³/mol. The summed E-state index contributed by atoms with van der Waals surface area (Å²) >= 11 is 3.04. The highest BCUT2D eigenvalue weighted by atomic mass is 32.1. The number of fused-ring (bicyclic) bond motifs is 1. The predicted octanol–water partition coefficient (Wildman–Crippen LogP) is 4.76. The highest BCUT2D eigenvalue weighted by Crippen LogP contribution is 2.36. The van der Waals surface area contributed by atoms with Gasteiger partial charge in [-0.2, -0.15) is 8.75 Å². The van der Waals surface area contributed by atoms with Crippen molar-refractivity contribution in [1.82, 2.24) is 8.75 Å². The number of hydrogen-bond acceptors (Lipinski definition) is 4. The first kappa shape index (κ1) is 11.1. The standard InChI is InChI=1S/C15H10N2S2/c1-2-5-10(4-1)11-7-8-12(13-6-3-9-18-13)15-14(11)16-19-17-15/h1-4,6-9H,5H2. The van der Waals surface area contributed by atoms with Gasteiger partial charge in [0.05, 0.1) is 11.7 Å². The van der Waals surface area contributed by atoms with Crippen LogP contribution in [0.5, 0.6) is 0 Å². The number of benzene rings is 1. The van der Waals surface area contributed by atoms with E-state index in [9.17, 15) is 0 Å². The van der Waals surface area contributed by atoms with Crippen LogP contribution in [-0.4, -0.2) is 8.75 Å². The molecular formula is C15H10N2S2. The van der Waals surface area contributed by atoms with Crippen LogP contribution >= 0.6 is 23.1 Å². The molecule has 2 heterocycles. The fourth-order valence-corrected chi connectivity index (χ4v) is 3.73. The highest BCUT2D eigenvalue weighted by Gasteiger charge is 2.15. The van der Waals surface area contributed by atoms with Gasteiger partial charge in [-0.05, 0) is 23.4 Å². The van der Waals surface area contributed by atoms with E-state index in [4.69, 9.17) is 0 Å². The molecule has 4 rings (SSSR count). The van der Waals surface area contributed by atoms with Crippen LogP contribution in [0.3, 0.4) is 0 Å². The third kappa shape index (κ3) is 1.76. The van der Waals surface area contributed by atoms with E-state index in [1.165, 1.54) is 33.3 Å². The molecule has 2 nitrogen and oxygen atoms in total. The molecule has 0 spiro atoms. The summed E-state index contributed by atoms with van der Waals surface area (Å²) in [6, 6.07) is 8.56. The van der Waals surface area contributed by atoms with E-state index in [1.54, 1.807) is 11.3 Å². The third-order valence-corrected chi connectivity index (χ3v) is 4.75. The molecule has 4 heteroatoms. The van der Waals surface area contributed by atoms with Crippen LogP contribution in [0.2, 0.25) is 0 Å². The van der Waals surface area contributed by atoms with Crippen LogP contribution in [0.25, 0.3) is 27.0 Å². The largest absolute Gasteiger partial charge is 0.172 e. The van der Waals surface area contributed by atoms with Crippen molar-refractivity contribution in [3.63, 3.8) is 0 Å². The minimum Gasteiger partial charge on any atom is -0.172 e. The lowest BCUT2D eigenvalue weighted by molar-refractivity contribution is 1.44. The summed E-state index contributed by atoms with van der Waals surface area (Å²) in [5, 5.41) is 2.10. The Labute approximate surface area is 119 Å². The van der Waals surface area contributed by atoms with Gasteiger partial charge in [0.25, 0.3) is 0 Å². The number of nitrogens with zero attached hydrogens (tertiary/aromatic N) is 2. The van der Waals surface area contributed by atoms with E-state index in [2.05, 4.69) is 56.6 Å². The van der Waals surface area contributed by atoms with Gasteiger partial charge in [0.15, 0.2) is 0 Å². The molecule has 3 aromatic rings. The summed E-state index contributed by atoms with van der Waals surface area (Å²) in [5.41, 5.74) is 5.79. The summed E-state index contributed by atoms with van der Waals surface area (Å²) < 4.78 is 9.00. The van der Waals surface area contributed by atoms with E-state index in [0.29, 0.717) is 0 Å². The fourth-order valence-electron chi connectivity index (χ4n) is 2.40. The lowest BCUT2D eigenvalue weighted by Gasteiger charge is -2.05. The Balaban J connectivity index is 1.96. The topological polar surface area (TPSA) is 25.8 Å². The fraction of sp³-hybridized carbons (Fsp3) is 0.0667. The Morgan fingerprint density at radius 1 is 1.00 bits per heavy atom. The first-order valence-electron chi connectivity index (χ1n) is 6.09. The lowest BCUT2D eigenvalue weighted by atomic mass is 10.0. The summed E-state index contributed by atoms with van der Waals surface area (Å²) in [6.45, 7) is 0. The molecule has 0 fully saturated rings. The van der Waals surface area contributed by atoms with Crippen molar-refractivity contribution in [3.05, 3.63) is 53.4 Å². The van der Waals surface area contributed by atoms with E-state index in [0.717, 1.165) is 17.5 Å². The number of thiophene rings is 1. The Kier molecular flexibility index (Phi) is 2.57. The van der Waals surface area contributed by atoms with Crippen molar-refractivity contribution in [2.24, 2.45) is 0 Å². The number of hydrogen-bond donors (Lipinski definition) is 0. The SMILES string of the molecule is C1=CCC(c2ccc(-c3cccs3)c3nsnc23)=C1. The van der Waals surface area contributed by atoms with Crippen LogP contribution in [0.1, 0.15) is 12.0 Å². The molecule has 0 bridgehead atoms. The van der Waals surface area contributed by atoms with Crippen LogP contribution in [0.15, 0.2) is 47.9 Å². The van der Waals surface area contributed by atoms with Gasteiger partial charge >= 0.3 is 0 Å². The van der Waals surface area contributed by atoms with E-state index in [1.807, 2.05) is 0 Å². The molecule has 2 aromatic heterocycles. The molecule has 0 saturated carbocycles. The van der Waals surface area contributed by atoms with Crippen molar-refractivity contribution in [1.29, 1.82) is 0 Å². The van der Waals surface area contributed by atoms with Crippen molar-refractivity contribution in [2.75, 3.05) is 0 Å². The summed E-state index contributed by atoms with van der Waals surface area (Å²) in [5.74, 6) is 0. The van der Waals surface area contributed by atoms with E-state index in [-0.39, 0.29) is 0 Å². The second-order valence-corrected chi connectivity index (χ2v) is 5.90. The monoisotopic (exact) mass is 282 g/mol. The van der Waals surface area contributed by atoms with Crippen LogP contribution in [-0.2, 0) is 0 Å². The third-order valence-electron chi connectivity index (χ3n) is 3.32. The minimum atomic E-state index is 0.991. The molecule has 1 aliphatic carbocycles. The maximum Gasteiger partial charge on any atom is 0.114 e. The summed E-state index contributed by atoms with van der Waals surface area (Å²) in [7, 11) is 0. The smallest absolute Gasteiger partial charge is 0.114 e. The molecule has 0 amide bonds. The van der Waals surface area contributed by atoms with Crippen LogP contribution in [0, 0.1) is 0 Å². The Hall–Kier alpha value is -1.78. The van der Waals surface area contributed by atoms with Crippen molar-refractivity contribution in [3.8, 4) is 10.4 Å². The zero-order valence-electron chi connectivity index (χ0n) is 10.0. The molecule has 0 aliphatic heterocycles. The molecule has 0 atom stereocenters. The van der Waals surface area contributed by atoms with E-state index >= 15 is 0 Å². The van der Waals surface area contributed by atoms with Gasteiger partial charge < -0.3 is 0 Å².